The summed E-state index contributed by atoms with van der Waals surface area (Å²) >= 11 is 0. The second-order valence-electron chi connectivity index (χ2n) is 5.70. The van der Waals surface area contributed by atoms with Crippen molar-refractivity contribution in [1.29, 1.82) is 5.26 Å². The molecule has 0 spiro atoms. The van der Waals surface area contributed by atoms with E-state index in [9.17, 15) is 9.18 Å². The average molecular weight is 347 g/mol. The van der Waals surface area contributed by atoms with E-state index in [1.807, 2.05) is 31.2 Å². The quantitative estimate of drug-likeness (QED) is 0.572. The zero-order valence-electron chi connectivity index (χ0n) is 13.8. The van der Waals surface area contributed by atoms with Gasteiger partial charge < -0.3 is 5.11 Å². The number of nitrogens with zero attached hydrogens (tertiary/aromatic N) is 3. The van der Waals surface area contributed by atoms with Crippen molar-refractivity contribution in [1.82, 2.24) is 9.78 Å². The highest BCUT2D eigenvalue weighted by Crippen LogP contribution is 2.26. The van der Waals surface area contributed by atoms with Gasteiger partial charge in [-0.1, -0.05) is 29.8 Å². The van der Waals surface area contributed by atoms with Gasteiger partial charge in [-0.25, -0.2) is 13.9 Å². The number of aromatic nitrogens is 2. The Bertz CT molecular complexity index is 1030. The lowest BCUT2D eigenvalue weighted by Gasteiger charge is -2.01. The minimum Gasteiger partial charge on any atom is -0.477 e. The third kappa shape index (κ3) is 3.52. The lowest BCUT2D eigenvalue weighted by atomic mass is 10.0. The van der Waals surface area contributed by atoms with Crippen LogP contribution < -0.4 is 0 Å². The summed E-state index contributed by atoms with van der Waals surface area (Å²) < 4.78 is 14.7. The van der Waals surface area contributed by atoms with Gasteiger partial charge in [0.1, 0.15) is 17.5 Å². The highest BCUT2D eigenvalue weighted by molar-refractivity contribution is 5.97. The molecule has 0 atom stereocenters. The Labute approximate surface area is 149 Å². The van der Waals surface area contributed by atoms with Gasteiger partial charge in [0.25, 0.3) is 0 Å². The predicted molar refractivity (Wildman–Crippen MR) is 94.9 cm³/mol. The lowest BCUT2D eigenvalue weighted by Crippen LogP contribution is -1.97. The number of hydrogen-bond acceptors (Lipinski definition) is 3. The van der Waals surface area contributed by atoms with Crippen LogP contribution in [0.1, 0.15) is 11.1 Å². The third-order valence-electron chi connectivity index (χ3n) is 3.81. The summed E-state index contributed by atoms with van der Waals surface area (Å²) in [6, 6.07) is 15.0. The molecule has 0 saturated heterocycles. The Morgan fingerprint density at radius 1 is 1.19 bits per heavy atom. The van der Waals surface area contributed by atoms with Gasteiger partial charge in [0.15, 0.2) is 0 Å². The largest absolute Gasteiger partial charge is 0.477 e. The van der Waals surface area contributed by atoms with Crippen LogP contribution in [-0.4, -0.2) is 20.9 Å². The van der Waals surface area contributed by atoms with E-state index in [2.05, 4.69) is 5.10 Å². The highest BCUT2D eigenvalue weighted by atomic mass is 19.1. The van der Waals surface area contributed by atoms with Crippen molar-refractivity contribution in [2.24, 2.45) is 0 Å². The van der Waals surface area contributed by atoms with Crippen molar-refractivity contribution >= 4 is 12.0 Å². The van der Waals surface area contributed by atoms with E-state index in [4.69, 9.17) is 10.4 Å². The smallest absolute Gasteiger partial charge is 0.346 e. The van der Waals surface area contributed by atoms with Crippen molar-refractivity contribution in [2.75, 3.05) is 0 Å². The molecule has 1 heterocycles. The fraction of sp³-hybridized carbons (Fsp3) is 0.0500. The summed E-state index contributed by atoms with van der Waals surface area (Å²) in [7, 11) is 0. The molecular formula is C20H14FN3O2. The molecule has 0 amide bonds. The molecule has 1 N–H and O–H groups in total. The first kappa shape index (κ1) is 17.1. The SMILES string of the molecule is Cc1ccc(-c2nn(-c3ccc(F)cc3)cc2/C=C(\C#N)C(=O)O)cc1. The van der Waals surface area contributed by atoms with Gasteiger partial charge in [-0.2, -0.15) is 10.4 Å². The lowest BCUT2D eigenvalue weighted by molar-refractivity contribution is -0.132. The van der Waals surface area contributed by atoms with Crippen LogP contribution in [0.3, 0.4) is 0 Å². The van der Waals surface area contributed by atoms with Crippen LogP contribution in [0.4, 0.5) is 4.39 Å². The average Bonchev–Trinajstić information content (AvgIpc) is 3.04. The maximum absolute atomic E-state index is 13.2. The molecule has 0 saturated carbocycles. The number of carbonyl (C=O) groups is 1. The molecule has 128 valence electrons. The second kappa shape index (κ2) is 7.03. The Kier molecular flexibility index (Phi) is 4.63. The first-order chi connectivity index (χ1) is 12.5. The molecule has 0 aliphatic carbocycles. The zero-order valence-corrected chi connectivity index (χ0v) is 13.8. The van der Waals surface area contributed by atoms with Gasteiger partial charge in [-0.05, 0) is 37.3 Å². The van der Waals surface area contributed by atoms with Crippen molar-refractivity contribution in [3.05, 3.63) is 77.2 Å². The molecule has 0 unspecified atom stereocenters. The molecular weight excluding hydrogens is 333 g/mol. The summed E-state index contributed by atoms with van der Waals surface area (Å²) in [6.07, 6.45) is 2.90. The van der Waals surface area contributed by atoms with Gasteiger partial charge in [0.2, 0.25) is 0 Å². The van der Waals surface area contributed by atoms with E-state index in [-0.39, 0.29) is 5.82 Å². The topological polar surface area (TPSA) is 78.9 Å². The number of aryl methyl sites for hydroxylation is 1. The number of aliphatic carboxylic acids is 1. The van der Waals surface area contributed by atoms with E-state index in [0.717, 1.165) is 11.1 Å². The first-order valence-electron chi connectivity index (χ1n) is 7.75. The van der Waals surface area contributed by atoms with Crippen LogP contribution in [0.25, 0.3) is 23.0 Å². The number of carboxylic acid groups (broad SMARTS) is 1. The summed E-state index contributed by atoms with van der Waals surface area (Å²) in [5.41, 5.74) is 3.10. The van der Waals surface area contributed by atoms with E-state index < -0.39 is 11.5 Å². The van der Waals surface area contributed by atoms with Crippen molar-refractivity contribution < 1.29 is 14.3 Å². The van der Waals surface area contributed by atoms with Crippen LogP contribution >= 0.6 is 0 Å². The molecule has 0 fully saturated rings. The molecule has 0 aliphatic rings. The van der Waals surface area contributed by atoms with Gasteiger partial charge >= 0.3 is 5.97 Å². The zero-order chi connectivity index (χ0) is 18.7. The molecule has 26 heavy (non-hydrogen) atoms. The monoisotopic (exact) mass is 347 g/mol. The fourth-order valence-electron chi connectivity index (χ4n) is 2.45. The van der Waals surface area contributed by atoms with Crippen molar-refractivity contribution in [2.45, 2.75) is 6.92 Å². The molecule has 3 rings (SSSR count). The summed E-state index contributed by atoms with van der Waals surface area (Å²) in [5, 5.41) is 22.7. The van der Waals surface area contributed by atoms with E-state index in [1.165, 1.54) is 22.9 Å². The summed E-state index contributed by atoms with van der Waals surface area (Å²) in [6.45, 7) is 1.96. The maximum atomic E-state index is 13.2. The summed E-state index contributed by atoms with van der Waals surface area (Å²) in [4.78, 5) is 11.2. The molecule has 0 radical (unpaired) electrons. The first-order valence-corrected chi connectivity index (χ1v) is 7.75. The normalized spacial score (nSPS) is 11.2. The van der Waals surface area contributed by atoms with Gasteiger partial charge in [-0.3, -0.25) is 0 Å². The molecule has 0 bridgehead atoms. The fourth-order valence-corrected chi connectivity index (χ4v) is 2.45. The standard InChI is InChI=1S/C20H14FN3O2/c1-13-2-4-14(5-3-13)19-16(10-15(11-22)20(25)26)12-24(23-19)18-8-6-17(21)7-9-18/h2-10,12H,1H3,(H,25,26)/b15-10+. The van der Waals surface area contributed by atoms with E-state index >= 15 is 0 Å². The molecule has 5 nitrogen and oxygen atoms in total. The van der Waals surface area contributed by atoms with E-state index in [0.29, 0.717) is 16.9 Å². The number of benzene rings is 2. The number of halogens is 1. The Morgan fingerprint density at radius 2 is 1.85 bits per heavy atom. The number of carboxylic acids is 1. The van der Waals surface area contributed by atoms with Crippen molar-refractivity contribution in [3.63, 3.8) is 0 Å². The molecule has 6 heteroatoms. The van der Waals surface area contributed by atoms with Crippen LogP contribution in [0, 0.1) is 24.1 Å². The minimum absolute atomic E-state index is 0.363. The van der Waals surface area contributed by atoms with Crippen LogP contribution in [0.15, 0.2) is 60.3 Å². The minimum atomic E-state index is -1.31. The maximum Gasteiger partial charge on any atom is 0.346 e. The van der Waals surface area contributed by atoms with Gasteiger partial charge in [0.05, 0.1) is 11.4 Å². The molecule has 2 aromatic carbocycles. The van der Waals surface area contributed by atoms with Crippen LogP contribution in [-0.2, 0) is 4.79 Å². The highest BCUT2D eigenvalue weighted by Gasteiger charge is 2.14. The number of nitriles is 1. The van der Waals surface area contributed by atoms with Crippen molar-refractivity contribution in [3.8, 4) is 23.0 Å². The summed E-state index contributed by atoms with van der Waals surface area (Å²) in [5.74, 6) is -1.67. The molecule has 3 aromatic rings. The Morgan fingerprint density at radius 3 is 2.42 bits per heavy atom. The van der Waals surface area contributed by atoms with Gasteiger partial charge in [0, 0.05) is 17.3 Å². The predicted octanol–water partition coefficient (Wildman–Crippen LogP) is 3.98. The van der Waals surface area contributed by atoms with Crippen LogP contribution in [0.2, 0.25) is 0 Å². The Balaban J connectivity index is 2.17. The molecule has 1 aromatic heterocycles. The van der Waals surface area contributed by atoms with Crippen LogP contribution in [0.5, 0.6) is 0 Å². The van der Waals surface area contributed by atoms with E-state index in [1.54, 1.807) is 24.4 Å². The second-order valence-corrected chi connectivity index (χ2v) is 5.70. The third-order valence-corrected chi connectivity index (χ3v) is 3.81. The molecule has 0 aliphatic heterocycles. The number of rotatable bonds is 4. The Hall–Kier alpha value is -3.72. The number of hydrogen-bond donors (Lipinski definition) is 1. The van der Waals surface area contributed by atoms with Gasteiger partial charge in [-0.15, -0.1) is 0 Å².